The van der Waals surface area contributed by atoms with Crippen LogP contribution in [0.4, 0.5) is 14.6 Å². The Morgan fingerprint density at radius 3 is 2.65 bits per heavy atom. The summed E-state index contributed by atoms with van der Waals surface area (Å²) in [6.45, 7) is 0.800. The fraction of sp³-hybridized carbons (Fsp3) is 0.273. The van der Waals surface area contributed by atoms with E-state index in [0.29, 0.717) is 5.56 Å². The van der Waals surface area contributed by atoms with Crippen molar-refractivity contribution in [2.75, 3.05) is 5.73 Å². The zero-order valence-electron chi connectivity index (χ0n) is 9.48. The van der Waals surface area contributed by atoms with Gasteiger partial charge < -0.3 is 5.73 Å². The standard InChI is InChI=1S/C11H12F2N4/c1-11(12,13)9-8(10(14)17(2)16-9)7-4-3-5-15-6-7/h3-6H,14H2,1-2H3. The first-order chi connectivity index (χ1) is 7.91. The smallest absolute Gasteiger partial charge is 0.289 e. The quantitative estimate of drug-likeness (QED) is 0.872. The van der Waals surface area contributed by atoms with Crippen molar-refractivity contribution in [2.45, 2.75) is 12.8 Å². The summed E-state index contributed by atoms with van der Waals surface area (Å²) in [7, 11) is 1.53. The van der Waals surface area contributed by atoms with Gasteiger partial charge >= 0.3 is 0 Å². The molecule has 0 saturated carbocycles. The van der Waals surface area contributed by atoms with Crippen LogP contribution in [0.1, 0.15) is 12.6 Å². The van der Waals surface area contributed by atoms with Gasteiger partial charge in [0.05, 0.1) is 5.56 Å². The molecule has 0 aliphatic rings. The summed E-state index contributed by atoms with van der Waals surface area (Å²) in [6.07, 6.45) is 3.06. The van der Waals surface area contributed by atoms with Gasteiger partial charge in [-0.25, -0.2) is 0 Å². The van der Waals surface area contributed by atoms with Crippen LogP contribution in [0.5, 0.6) is 0 Å². The summed E-state index contributed by atoms with van der Waals surface area (Å²) in [5.74, 6) is -2.84. The van der Waals surface area contributed by atoms with Crippen molar-refractivity contribution < 1.29 is 8.78 Å². The third-order valence-corrected chi connectivity index (χ3v) is 2.46. The van der Waals surface area contributed by atoms with E-state index in [-0.39, 0.29) is 17.1 Å². The third-order valence-electron chi connectivity index (χ3n) is 2.46. The molecule has 0 aliphatic heterocycles. The van der Waals surface area contributed by atoms with E-state index in [1.807, 2.05) is 0 Å². The molecule has 4 nitrogen and oxygen atoms in total. The summed E-state index contributed by atoms with van der Waals surface area (Å²) >= 11 is 0. The van der Waals surface area contributed by atoms with Crippen molar-refractivity contribution in [3.8, 4) is 11.1 Å². The Labute approximate surface area is 97.1 Å². The number of halogens is 2. The first-order valence-electron chi connectivity index (χ1n) is 5.02. The molecule has 6 heteroatoms. The van der Waals surface area contributed by atoms with Crippen LogP contribution >= 0.6 is 0 Å². The summed E-state index contributed by atoms with van der Waals surface area (Å²) in [6, 6.07) is 3.34. The topological polar surface area (TPSA) is 56.7 Å². The van der Waals surface area contributed by atoms with Crippen LogP contribution in [0.15, 0.2) is 24.5 Å². The first-order valence-corrected chi connectivity index (χ1v) is 5.02. The molecule has 2 aromatic heterocycles. The molecule has 0 fully saturated rings. The van der Waals surface area contributed by atoms with Gasteiger partial charge in [-0.05, 0) is 6.07 Å². The normalized spacial score (nSPS) is 11.8. The average Bonchev–Trinajstić information content (AvgIpc) is 2.57. The second kappa shape index (κ2) is 3.80. The number of aryl methyl sites for hydroxylation is 1. The monoisotopic (exact) mass is 238 g/mol. The maximum absolute atomic E-state index is 13.4. The molecule has 2 aromatic rings. The van der Waals surface area contributed by atoms with Crippen molar-refractivity contribution in [2.24, 2.45) is 7.05 Å². The number of hydrogen-bond acceptors (Lipinski definition) is 3. The summed E-state index contributed by atoms with van der Waals surface area (Å²) < 4.78 is 28.1. The molecule has 2 N–H and O–H groups in total. The number of hydrogen-bond donors (Lipinski definition) is 1. The second-order valence-corrected chi connectivity index (χ2v) is 3.86. The first kappa shape index (κ1) is 11.5. The minimum absolute atomic E-state index is 0.203. The van der Waals surface area contributed by atoms with Gasteiger partial charge in [-0.2, -0.15) is 13.9 Å². The number of anilines is 1. The predicted octanol–water partition coefficient (Wildman–Crippen LogP) is 2.18. The third kappa shape index (κ3) is 1.98. The van der Waals surface area contributed by atoms with Crippen molar-refractivity contribution in [3.63, 3.8) is 0 Å². The van der Waals surface area contributed by atoms with Crippen LogP contribution in [0.2, 0.25) is 0 Å². The number of nitrogens with zero attached hydrogens (tertiary/aromatic N) is 3. The predicted molar refractivity (Wildman–Crippen MR) is 60.4 cm³/mol. The van der Waals surface area contributed by atoms with Gasteiger partial charge in [0.1, 0.15) is 11.5 Å². The number of nitrogen functional groups attached to an aromatic ring is 1. The molecule has 0 aromatic carbocycles. The molecule has 17 heavy (non-hydrogen) atoms. The van der Waals surface area contributed by atoms with Gasteiger partial charge in [0.2, 0.25) is 0 Å². The molecule has 0 unspecified atom stereocenters. The molecule has 0 atom stereocenters. The molecule has 0 amide bonds. The van der Waals surface area contributed by atoms with Gasteiger partial charge in [0.15, 0.2) is 0 Å². The highest BCUT2D eigenvalue weighted by Crippen LogP contribution is 2.37. The van der Waals surface area contributed by atoms with E-state index in [1.165, 1.54) is 17.9 Å². The zero-order chi connectivity index (χ0) is 12.6. The number of aromatic nitrogens is 3. The van der Waals surface area contributed by atoms with Crippen LogP contribution in [0.25, 0.3) is 11.1 Å². The van der Waals surface area contributed by atoms with E-state index in [1.54, 1.807) is 18.3 Å². The fourth-order valence-corrected chi connectivity index (χ4v) is 1.64. The Kier molecular flexibility index (Phi) is 2.57. The van der Waals surface area contributed by atoms with Crippen LogP contribution < -0.4 is 5.73 Å². The second-order valence-electron chi connectivity index (χ2n) is 3.86. The maximum atomic E-state index is 13.4. The van der Waals surface area contributed by atoms with Gasteiger partial charge in [0.25, 0.3) is 5.92 Å². The number of alkyl halides is 2. The molecular weight excluding hydrogens is 226 g/mol. The molecule has 0 aliphatic carbocycles. The van der Waals surface area contributed by atoms with Crippen molar-refractivity contribution >= 4 is 5.82 Å². The van der Waals surface area contributed by atoms with E-state index in [4.69, 9.17) is 5.73 Å². The number of nitrogens with two attached hydrogens (primary N) is 1. The van der Waals surface area contributed by atoms with Crippen LogP contribution in [0, 0.1) is 0 Å². The lowest BCUT2D eigenvalue weighted by atomic mass is 10.0. The Balaban J connectivity index is 2.69. The van der Waals surface area contributed by atoms with Crippen LogP contribution in [0.3, 0.4) is 0 Å². The molecule has 2 heterocycles. The number of pyridine rings is 1. The van der Waals surface area contributed by atoms with Crippen molar-refractivity contribution in [1.29, 1.82) is 0 Å². The maximum Gasteiger partial charge on any atom is 0.289 e. The molecular formula is C11H12F2N4. The zero-order valence-corrected chi connectivity index (χ0v) is 9.48. The Morgan fingerprint density at radius 1 is 1.41 bits per heavy atom. The largest absolute Gasteiger partial charge is 0.383 e. The SMILES string of the molecule is Cn1nc(C(C)(F)F)c(-c2cccnc2)c1N. The fourth-order valence-electron chi connectivity index (χ4n) is 1.64. The molecule has 0 radical (unpaired) electrons. The van der Waals surface area contributed by atoms with Gasteiger partial charge in [-0.1, -0.05) is 6.07 Å². The van der Waals surface area contributed by atoms with E-state index in [9.17, 15) is 8.78 Å². The molecule has 0 spiro atoms. The highest BCUT2D eigenvalue weighted by Gasteiger charge is 2.33. The Bertz CT molecular complexity index is 528. The lowest BCUT2D eigenvalue weighted by Gasteiger charge is -2.09. The number of rotatable bonds is 2. The highest BCUT2D eigenvalue weighted by atomic mass is 19.3. The van der Waals surface area contributed by atoms with E-state index >= 15 is 0 Å². The summed E-state index contributed by atoms with van der Waals surface area (Å²) in [4.78, 5) is 3.90. The van der Waals surface area contributed by atoms with Gasteiger partial charge in [-0.3, -0.25) is 9.67 Å². The van der Waals surface area contributed by atoms with Crippen LogP contribution in [-0.2, 0) is 13.0 Å². The minimum atomic E-state index is -3.04. The van der Waals surface area contributed by atoms with Gasteiger partial charge in [-0.15, -0.1) is 0 Å². The molecule has 0 bridgehead atoms. The lowest BCUT2D eigenvalue weighted by molar-refractivity contribution is 0.0128. The van der Waals surface area contributed by atoms with Gasteiger partial charge in [0, 0.05) is 31.9 Å². The Morgan fingerprint density at radius 2 is 2.12 bits per heavy atom. The Hall–Kier alpha value is -1.98. The van der Waals surface area contributed by atoms with E-state index < -0.39 is 5.92 Å². The molecule has 90 valence electrons. The minimum Gasteiger partial charge on any atom is -0.383 e. The van der Waals surface area contributed by atoms with Crippen LogP contribution in [-0.4, -0.2) is 14.8 Å². The van der Waals surface area contributed by atoms with E-state index in [2.05, 4.69) is 10.1 Å². The average molecular weight is 238 g/mol. The summed E-state index contributed by atoms with van der Waals surface area (Å²) in [5.41, 5.74) is 6.22. The highest BCUT2D eigenvalue weighted by molar-refractivity contribution is 5.76. The summed E-state index contributed by atoms with van der Waals surface area (Å²) in [5, 5.41) is 3.77. The van der Waals surface area contributed by atoms with Crippen molar-refractivity contribution in [3.05, 3.63) is 30.2 Å². The lowest BCUT2D eigenvalue weighted by Crippen LogP contribution is -2.10. The van der Waals surface area contributed by atoms with E-state index in [0.717, 1.165) is 6.92 Å². The molecule has 2 rings (SSSR count). The van der Waals surface area contributed by atoms with Crippen molar-refractivity contribution in [1.82, 2.24) is 14.8 Å². The molecule has 0 saturated heterocycles.